The summed E-state index contributed by atoms with van der Waals surface area (Å²) in [7, 11) is -3.53. The normalized spacial score (nSPS) is 23.8. The maximum atomic E-state index is 12.6. The molecule has 1 amide bonds. The van der Waals surface area contributed by atoms with Crippen LogP contribution in [0.2, 0.25) is 0 Å². The summed E-state index contributed by atoms with van der Waals surface area (Å²) < 4.78 is 26.5. The zero-order chi connectivity index (χ0) is 15.6. The van der Waals surface area contributed by atoms with E-state index in [1.807, 2.05) is 6.92 Å². The first-order valence-electron chi connectivity index (χ1n) is 6.82. The summed E-state index contributed by atoms with van der Waals surface area (Å²) in [5.74, 6) is 0.126. The van der Waals surface area contributed by atoms with E-state index in [0.717, 1.165) is 6.42 Å². The number of nitrogens with zero attached hydrogens (tertiary/aromatic N) is 1. The highest BCUT2D eigenvalue weighted by Gasteiger charge is 2.32. The molecule has 2 rings (SSSR count). The summed E-state index contributed by atoms with van der Waals surface area (Å²) in [4.78, 5) is 11.2. The summed E-state index contributed by atoms with van der Waals surface area (Å²) in [5.41, 5.74) is 0.573. The van der Waals surface area contributed by atoms with Crippen molar-refractivity contribution in [2.24, 2.45) is 5.92 Å². The Kier molecular flexibility index (Phi) is 4.91. The first-order valence-corrected chi connectivity index (χ1v) is 8.70. The van der Waals surface area contributed by atoms with E-state index in [4.69, 9.17) is 11.6 Å². The SMILES string of the molecule is CC(=O)Nc1ccc(S(=O)(=O)N2CCC(C)C(Cl)C2)cc1. The topological polar surface area (TPSA) is 66.5 Å². The fraction of sp³-hybridized carbons (Fsp3) is 0.500. The average Bonchev–Trinajstić information content (AvgIpc) is 2.41. The van der Waals surface area contributed by atoms with Gasteiger partial charge in [0, 0.05) is 31.1 Å². The van der Waals surface area contributed by atoms with Crippen molar-refractivity contribution in [2.75, 3.05) is 18.4 Å². The molecule has 7 heteroatoms. The molecule has 21 heavy (non-hydrogen) atoms. The number of hydrogen-bond acceptors (Lipinski definition) is 3. The number of halogens is 1. The van der Waals surface area contributed by atoms with Crippen LogP contribution in [0.25, 0.3) is 0 Å². The quantitative estimate of drug-likeness (QED) is 0.865. The van der Waals surface area contributed by atoms with E-state index in [1.165, 1.54) is 23.4 Å². The summed E-state index contributed by atoms with van der Waals surface area (Å²) in [6.45, 7) is 4.25. The van der Waals surface area contributed by atoms with E-state index in [1.54, 1.807) is 12.1 Å². The van der Waals surface area contributed by atoms with Gasteiger partial charge in [0.25, 0.3) is 0 Å². The predicted octanol–water partition coefficient (Wildman–Crippen LogP) is 2.28. The van der Waals surface area contributed by atoms with Crippen molar-refractivity contribution in [3.63, 3.8) is 0 Å². The molecule has 0 spiro atoms. The lowest BCUT2D eigenvalue weighted by Crippen LogP contribution is -2.43. The smallest absolute Gasteiger partial charge is 0.243 e. The first kappa shape index (κ1) is 16.3. The van der Waals surface area contributed by atoms with Crippen LogP contribution < -0.4 is 5.32 Å². The van der Waals surface area contributed by atoms with Gasteiger partial charge in [-0.15, -0.1) is 11.6 Å². The second-order valence-corrected chi connectivity index (χ2v) is 7.85. The van der Waals surface area contributed by atoms with Crippen LogP contribution in [0.1, 0.15) is 20.3 Å². The Labute approximate surface area is 130 Å². The van der Waals surface area contributed by atoms with Gasteiger partial charge >= 0.3 is 0 Å². The molecule has 0 aliphatic carbocycles. The monoisotopic (exact) mass is 330 g/mol. The third-order valence-corrected chi connectivity index (χ3v) is 6.09. The molecule has 1 heterocycles. The third-order valence-electron chi connectivity index (χ3n) is 3.64. The number of anilines is 1. The van der Waals surface area contributed by atoms with Gasteiger partial charge < -0.3 is 5.32 Å². The van der Waals surface area contributed by atoms with Crippen molar-refractivity contribution >= 4 is 33.2 Å². The minimum Gasteiger partial charge on any atom is -0.326 e. The number of sulfonamides is 1. The largest absolute Gasteiger partial charge is 0.326 e. The number of carbonyl (C=O) groups excluding carboxylic acids is 1. The summed E-state index contributed by atoms with van der Waals surface area (Å²) in [6, 6.07) is 6.17. The van der Waals surface area contributed by atoms with Gasteiger partial charge in [-0.05, 0) is 36.6 Å². The Morgan fingerprint density at radius 1 is 1.33 bits per heavy atom. The molecule has 2 atom stereocenters. The van der Waals surface area contributed by atoms with Crippen LogP contribution in [0.4, 0.5) is 5.69 Å². The predicted molar refractivity (Wildman–Crippen MR) is 82.9 cm³/mol. The highest BCUT2D eigenvalue weighted by Crippen LogP contribution is 2.27. The number of rotatable bonds is 3. The second kappa shape index (κ2) is 6.34. The van der Waals surface area contributed by atoms with Crippen molar-refractivity contribution < 1.29 is 13.2 Å². The molecule has 1 aliphatic heterocycles. The Morgan fingerprint density at radius 2 is 1.95 bits per heavy atom. The lowest BCUT2D eigenvalue weighted by atomic mass is 10.0. The zero-order valence-corrected chi connectivity index (χ0v) is 13.6. The fourth-order valence-electron chi connectivity index (χ4n) is 2.28. The van der Waals surface area contributed by atoms with Crippen LogP contribution in [-0.2, 0) is 14.8 Å². The molecule has 0 saturated carbocycles. The standard InChI is InChI=1S/C14H19ClN2O3S/c1-10-7-8-17(9-14(10)15)21(19,20)13-5-3-12(4-6-13)16-11(2)18/h3-6,10,14H,7-9H2,1-2H3,(H,16,18). The molecular weight excluding hydrogens is 312 g/mol. The minimum absolute atomic E-state index is 0.160. The van der Waals surface area contributed by atoms with Crippen LogP contribution in [0.15, 0.2) is 29.2 Å². The van der Waals surface area contributed by atoms with Crippen LogP contribution in [0.5, 0.6) is 0 Å². The Bertz CT molecular complexity index is 616. The van der Waals surface area contributed by atoms with Crippen molar-refractivity contribution in [2.45, 2.75) is 30.5 Å². The summed E-state index contributed by atoms with van der Waals surface area (Å²) in [5, 5.41) is 2.45. The van der Waals surface area contributed by atoms with Gasteiger partial charge in [-0.1, -0.05) is 6.92 Å². The third kappa shape index (κ3) is 3.75. The van der Waals surface area contributed by atoms with E-state index < -0.39 is 10.0 Å². The van der Waals surface area contributed by atoms with Gasteiger partial charge in [-0.3, -0.25) is 4.79 Å². The highest BCUT2D eigenvalue weighted by molar-refractivity contribution is 7.89. The van der Waals surface area contributed by atoms with Crippen molar-refractivity contribution in [1.82, 2.24) is 4.31 Å². The molecule has 116 valence electrons. The number of benzene rings is 1. The zero-order valence-electron chi connectivity index (χ0n) is 12.0. The van der Waals surface area contributed by atoms with E-state index in [2.05, 4.69) is 5.32 Å². The van der Waals surface area contributed by atoms with Gasteiger partial charge in [0.2, 0.25) is 15.9 Å². The van der Waals surface area contributed by atoms with Gasteiger partial charge in [0.1, 0.15) is 0 Å². The lowest BCUT2D eigenvalue weighted by molar-refractivity contribution is -0.114. The number of hydrogen-bond donors (Lipinski definition) is 1. The Hall–Kier alpha value is -1.11. The summed E-state index contributed by atoms with van der Waals surface area (Å²) in [6.07, 6.45) is 0.761. The number of carbonyl (C=O) groups is 1. The number of nitrogens with one attached hydrogen (secondary N) is 1. The van der Waals surface area contributed by atoms with Crippen LogP contribution >= 0.6 is 11.6 Å². The molecule has 0 radical (unpaired) electrons. The molecule has 0 bridgehead atoms. The molecule has 1 fully saturated rings. The van der Waals surface area contributed by atoms with Gasteiger partial charge in [-0.25, -0.2) is 8.42 Å². The molecule has 1 aromatic carbocycles. The molecular formula is C14H19ClN2O3S. The van der Waals surface area contributed by atoms with Crippen molar-refractivity contribution in [3.05, 3.63) is 24.3 Å². The number of amides is 1. The molecule has 2 unspecified atom stereocenters. The minimum atomic E-state index is -3.53. The molecule has 1 aromatic rings. The highest BCUT2D eigenvalue weighted by atomic mass is 35.5. The van der Waals surface area contributed by atoms with Gasteiger partial charge in [0.15, 0.2) is 0 Å². The van der Waals surface area contributed by atoms with Crippen LogP contribution in [0, 0.1) is 5.92 Å². The molecule has 1 aliphatic rings. The molecule has 1 N–H and O–H groups in total. The fourth-order valence-corrected chi connectivity index (χ4v) is 4.13. The second-order valence-electron chi connectivity index (χ2n) is 5.35. The molecule has 5 nitrogen and oxygen atoms in total. The Morgan fingerprint density at radius 3 is 2.48 bits per heavy atom. The van der Waals surface area contributed by atoms with Crippen molar-refractivity contribution in [1.29, 1.82) is 0 Å². The van der Waals surface area contributed by atoms with E-state index in [0.29, 0.717) is 24.7 Å². The van der Waals surface area contributed by atoms with Crippen molar-refractivity contribution in [3.8, 4) is 0 Å². The number of alkyl halides is 1. The molecule has 1 saturated heterocycles. The van der Waals surface area contributed by atoms with E-state index >= 15 is 0 Å². The molecule has 0 aromatic heterocycles. The summed E-state index contributed by atoms with van der Waals surface area (Å²) >= 11 is 6.18. The number of piperidine rings is 1. The van der Waals surface area contributed by atoms with Crippen LogP contribution in [-0.4, -0.2) is 37.1 Å². The first-order chi connectivity index (χ1) is 9.80. The Balaban J connectivity index is 2.18. The van der Waals surface area contributed by atoms with Gasteiger partial charge in [0.05, 0.1) is 4.90 Å². The van der Waals surface area contributed by atoms with Crippen LogP contribution in [0.3, 0.4) is 0 Å². The lowest BCUT2D eigenvalue weighted by Gasteiger charge is -2.33. The van der Waals surface area contributed by atoms with Gasteiger partial charge in [-0.2, -0.15) is 4.31 Å². The maximum absolute atomic E-state index is 12.6. The maximum Gasteiger partial charge on any atom is 0.243 e. The van der Waals surface area contributed by atoms with E-state index in [9.17, 15) is 13.2 Å². The average molecular weight is 331 g/mol. The van der Waals surface area contributed by atoms with E-state index in [-0.39, 0.29) is 16.2 Å².